The second-order valence-corrected chi connectivity index (χ2v) is 6.06. The Bertz CT molecular complexity index is 653. The van der Waals surface area contributed by atoms with Crippen LogP contribution in [0.15, 0.2) is 54.7 Å². The lowest BCUT2D eigenvalue weighted by Gasteiger charge is -2.02. The van der Waals surface area contributed by atoms with Crippen LogP contribution in [-0.2, 0) is 0 Å². The van der Waals surface area contributed by atoms with Gasteiger partial charge in [0, 0.05) is 32.1 Å². The van der Waals surface area contributed by atoms with Crippen molar-refractivity contribution in [3.63, 3.8) is 0 Å². The van der Waals surface area contributed by atoms with Gasteiger partial charge in [-0.25, -0.2) is 0 Å². The highest BCUT2D eigenvalue weighted by Crippen LogP contribution is 2.21. The fraction of sp³-hybridized carbons (Fsp3) is 0. The Labute approximate surface area is 140 Å². The summed E-state index contributed by atoms with van der Waals surface area (Å²) in [5.41, 5.74) is 1.34. The average Bonchev–Trinajstić information content (AvgIpc) is 2.41. The van der Waals surface area contributed by atoms with E-state index in [0.717, 1.165) is 9.26 Å². The molecule has 0 aliphatic carbocycles. The molecule has 2 rings (SSSR count). The molecule has 0 bridgehead atoms. The molecule has 0 unspecified atom stereocenters. The standard InChI is InChI=1S/C15H10Cl2INO/c16-10-1-6-13(14(17)9-10)15(20)7-8-19-12-4-2-11(18)3-5-12/h1-9,19H/b8-7+. The lowest BCUT2D eigenvalue weighted by molar-refractivity contribution is 0.104. The first-order chi connectivity index (χ1) is 9.56. The molecule has 2 nitrogen and oxygen atoms in total. The van der Waals surface area contributed by atoms with Crippen LogP contribution < -0.4 is 5.32 Å². The number of hydrogen-bond acceptors (Lipinski definition) is 2. The largest absolute Gasteiger partial charge is 0.362 e. The van der Waals surface area contributed by atoms with E-state index < -0.39 is 0 Å². The summed E-state index contributed by atoms with van der Waals surface area (Å²) in [7, 11) is 0. The molecule has 2 aromatic carbocycles. The molecule has 0 amide bonds. The van der Waals surface area contributed by atoms with Crippen LogP contribution in [0, 0.1) is 3.57 Å². The number of benzene rings is 2. The van der Waals surface area contributed by atoms with Crippen LogP contribution in [0.25, 0.3) is 0 Å². The molecule has 0 aliphatic heterocycles. The number of ketones is 1. The fourth-order valence-corrected chi connectivity index (χ4v) is 2.40. The Morgan fingerprint density at radius 1 is 1.10 bits per heavy atom. The summed E-state index contributed by atoms with van der Waals surface area (Å²) in [5.74, 6) is -0.176. The van der Waals surface area contributed by atoms with Gasteiger partial charge in [-0.2, -0.15) is 0 Å². The Balaban J connectivity index is 2.04. The maximum absolute atomic E-state index is 12.0. The lowest BCUT2D eigenvalue weighted by Crippen LogP contribution is -1.97. The second kappa shape index (κ2) is 7.11. The quantitative estimate of drug-likeness (QED) is 0.409. The Morgan fingerprint density at radius 2 is 1.80 bits per heavy atom. The highest BCUT2D eigenvalue weighted by atomic mass is 127. The van der Waals surface area contributed by atoms with E-state index >= 15 is 0 Å². The lowest BCUT2D eigenvalue weighted by atomic mass is 10.1. The third kappa shape index (κ3) is 4.23. The number of halogens is 3. The number of rotatable bonds is 4. The van der Waals surface area contributed by atoms with E-state index in [1.165, 1.54) is 6.08 Å². The first kappa shape index (κ1) is 15.4. The molecule has 0 aromatic heterocycles. The van der Waals surface area contributed by atoms with Gasteiger partial charge < -0.3 is 5.32 Å². The molecule has 5 heteroatoms. The molecular weight excluding hydrogens is 408 g/mol. The number of carbonyl (C=O) groups excluding carboxylic acids is 1. The first-order valence-corrected chi connectivity index (χ1v) is 7.58. The molecule has 0 fully saturated rings. The van der Waals surface area contributed by atoms with Crippen molar-refractivity contribution in [1.29, 1.82) is 0 Å². The van der Waals surface area contributed by atoms with Crippen molar-refractivity contribution in [2.24, 2.45) is 0 Å². The van der Waals surface area contributed by atoms with Crippen LogP contribution in [0.5, 0.6) is 0 Å². The van der Waals surface area contributed by atoms with Gasteiger partial charge in [-0.3, -0.25) is 4.79 Å². The third-order valence-corrected chi connectivity index (χ3v) is 3.79. The highest BCUT2D eigenvalue weighted by molar-refractivity contribution is 14.1. The molecule has 0 saturated carbocycles. The van der Waals surface area contributed by atoms with Crippen LogP contribution in [0.3, 0.4) is 0 Å². The minimum absolute atomic E-state index is 0.176. The summed E-state index contributed by atoms with van der Waals surface area (Å²) >= 11 is 14.0. The van der Waals surface area contributed by atoms with E-state index in [1.54, 1.807) is 24.4 Å². The van der Waals surface area contributed by atoms with Crippen molar-refractivity contribution >= 4 is 57.3 Å². The maximum atomic E-state index is 12.0. The number of nitrogens with one attached hydrogen (secondary N) is 1. The smallest absolute Gasteiger partial charge is 0.188 e. The topological polar surface area (TPSA) is 29.1 Å². The van der Waals surface area contributed by atoms with Crippen LogP contribution in [-0.4, -0.2) is 5.78 Å². The van der Waals surface area contributed by atoms with E-state index in [0.29, 0.717) is 15.6 Å². The summed E-state index contributed by atoms with van der Waals surface area (Å²) in [4.78, 5) is 12.0. The molecule has 0 spiro atoms. The summed E-state index contributed by atoms with van der Waals surface area (Å²) in [6.45, 7) is 0. The molecule has 0 radical (unpaired) electrons. The van der Waals surface area contributed by atoms with E-state index in [4.69, 9.17) is 23.2 Å². The van der Waals surface area contributed by atoms with Gasteiger partial charge in [0.15, 0.2) is 5.78 Å². The van der Waals surface area contributed by atoms with Crippen LogP contribution in [0.2, 0.25) is 10.0 Å². The van der Waals surface area contributed by atoms with Crippen molar-refractivity contribution in [1.82, 2.24) is 0 Å². The molecule has 20 heavy (non-hydrogen) atoms. The van der Waals surface area contributed by atoms with Crippen LogP contribution in [0.1, 0.15) is 10.4 Å². The number of carbonyl (C=O) groups is 1. The molecule has 0 saturated heterocycles. The molecule has 2 aromatic rings. The van der Waals surface area contributed by atoms with E-state index in [1.807, 2.05) is 24.3 Å². The van der Waals surface area contributed by atoms with Crippen LogP contribution >= 0.6 is 45.8 Å². The zero-order valence-corrected chi connectivity index (χ0v) is 13.9. The monoisotopic (exact) mass is 417 g/mol. The predicted molar refractivity (Wildman–Crippen MR) is 92.7 cm³/mol. The van der Waals surface area contributed by atoms with Gasteiger partial charge in [0.05, 0.1) is 5.02 Å². The minimum atomic E-state index is -0.176. The molecular formula is C15H10Cl2INO. The van der Waals surface area contributed by atoms with Gasteiger partial charge in [0.25, 0.3) is 0 Å². The summed E-state index contributed by atoms with van der Waals surface area (Å²) in [6.07, 6.45) is 3.03. The summed E-state index contributed by atoms with van der Waals surface area (Å²) < 4.78 is 1.15. The predicted octanol–water partition coefficient (Wildman–Crippen LogP) is 5.41. The van der Waals surface area contributed by atoms with E-state index in [9.17, 15) is 4.79 Å². The normalized spacial score (nSPS) is 10.8. The van der Waals surface area contributed by atoms with Gasteiger partial charge >= 0.3 is 0 Å². The van der Waals surface area contributed by atoms with Crippen molar-refractivity contribution in [3.05, 3.63) is 73.9 Å². The Kier molecular flexibility index (Phi) is 5.46. The molecule has 0 aliphatic rings. The molecule has 0 atom stereocenters. The van der Waals surface area contributed by atoms with Gasteiger partial charge in [-0.15, -0.1) is 0 Å². The Morgan fingerprint density at radius 3 is 2.45 bits per heavy atom. The summed E-state index contributed by atoms with van der Waals surface area (Å²) in [6, 6.07) is 12.6. The van der Waals surface area contributed by atoms with Gasteiger partial charge in [0.1, 0.15) is 0 Å². The van der Waals surface area contributed by atoms with Gasteiger partial charge in [-0.1, -0.05) is 23.2 Å². The van der Waals surface area contributed by atoms with E-state index in [-0.39, 0.29) is 5.78 Å². The summed E-state index contributed by atoms with van der Waals surface area (Å²) in [5, 5.41) is 3.89. The molecule has 1 N–H and O–H groups in total. The zero-order chi connectivity index (χ0) is 14.5. The number of hydrogen-bond donors (Lipinski definition) is 1. The first-order valence-electron chi connectivity index (χ1n) is 5.74. The van der Waals surface area contributed by atoms with Gasteiger partial charge in [-0.05, 0) is 65.1 Å². The molecule has 102 valence electrons. The third-order valence-electron chi connectivity index (χ3n) is 2.53. The second-order valence-electron chi connectivity index (χ2n) is 3.97. The zero-order valence-electron chi connectivity index (χ0n) is 10.2. The van der Waals surface area contributed by atoms with Crippen molar-refractivity contribution in [3.8, 4) is 0 Å². The van der Waals surface area contributed by atoms with Crippen LogP contribution in [0.4, 0.5) is 5.69 Å². The minimum Gasteiger partial charge on any atom is -0.362 e. The maximum Gasteiger partial charge on any atom is 0.188 e. The SMILES string of the molecule is O=C(/C=C/Nc1ccc(I)cc1)c1ccc(Cl)cc1Cl. The number of anilines is 1. The number of allylic oxidation sites excluding steroid dienone is 1. The van der Waals surface area contributed by atoms with Crippen molar-refractivity contribution < 1.29 is 4.79 Å². The molecule has 0 heterocycles. The average molecular weight is 418 g/mol. The van der Waals surface area contributed by atoms with Crippen molar-refractivity contribution in [2.75, 3.05) is 5.32 Å². The van der Waals surface area contributed by atoms with Gasteiger partial charge in [0.2, 0.25) is 0 Å². The van der Waals surface area contributed by atoms with Crippen molar-refractivity contribution in [2.45, 2.75) is 0 Å². The highest BCUT2D eigenvalue weighted by Gasteiger charge is 2.07. The Hall–Kier alpha value is -1.04. The fourth-order valence-electron chi connectivity index (χ4n) is 1.54. The van der Waals surface area contributed by atoms with E-state index in [2.05, 4.69) is 27.9 Å².